The fraction of sp³-hybridized carbons (Fsp3) is 0.538. The van der Waals surface area contributed by atoms with Gasteiger partial charge >= 0.3 is 0 Å². The zero-order chi connectivity index (χ0) is 13.7. The number of nitrogens with one attached hydrogen (secondary N) is 1. The number of hydrogen-bond acceptors (Lipinski definition) is 3. The molecule has 0 saturated heterocycles. The van der Waals surface area contributed by atoms with Gasteiger partial charge in [0.25, 0.3) is 11.5 Å². The monoisotopic (exact) mass is 251 g/mol. The highest BCUT2D eigenvalue weighted by Gasteiger charge is 2.16. The average Bonchev–Trinajstić information content (AvgIpc) is 2.32. The minimum atomic E-state index is -0.526. The van der Waals surface area contributed by atoms with Gasteiger partial charge in [-0.2, -0.15) is 0 Å². The fourth-order valence-electron chi connectivity index (χ4n) is 2.07. The molecule has 100 valence electrons. The number of aryl methyl sites for hydroxylation is 2. The van der Waals surface area contributed by atoms with Gasteiger partial charge in [0, 0.05) is 12.2 Å². The third-order valence-corrected chi connectivity index (χ3v) is 3.05. The number of hydrazine groups is 1. The number of hydrogen-bond donors (Lipinski definition) is 2. The summed E-state index contributed by atoms with van der Waals surface area (Å²) in [7, 11) is 0. The predicted molar refractivity (Wildman–Crippen MR) is 71.4 cm³/mol. The first-order valence-corrected chi connectivity index (χ1v) is 6.24. The Kier molecular flexibility index (Phi) is 5.09. The number of carbonyl (C=O) groups excluding carboxylic acids is 1. The summed E-state index contributed by atoms with van der Waals surface area (Å²) in [6.45, 7) is 6.38. The summed E-state index contributed by atoms with van der Waals surface area (Å²) in [6, 6.07) is 1.85. The van der Waals surface area contributed by atoms with Crippen molar-refractivity contribution in [3.63, 3.8) is 0 Å². The van der Waals surface area contributed by atoms with Gasteiger partial charge in [-0.25, -0.2) is 5.84 Å². The van der Waals surface area contributed by atoms with Crippen LogP contribution in [-0.2, 0) is 6.54 Å². The van der Waals surface area contributed by atoms with Crippen LogP contribution in [0.25, 0.3) is 0 Å². The molecule has 1 amide bonds. The van der Waals surface area contributed by atoms with E-state index < -0.39 is 5.91 Å². The van der Waals surface area contributed by atoms with Crippen molar-refractivity contribution < 1.29 is 4.79 Å². The molecule has 0 atom stereocenters. The number of amides is 1. The number of carbonyl (C=O) groups is 1. The van der Waals surface area contributed by atoms with E-state index >= 15 is 0 Å². The van der Waals surface area contributed by atoms with Crippen molar-refractivity contribution >= 4 is 5.91 Å². The second-order valence-electron chi connectivity index (χ2n) is 4.48. The van der Waals surface area contributed by atoms with Crippen LogP contribution < -0.4 is 16.8 Å². The van der Waals surface area contributed by atoms with Crippen LogP contribution >= 0.6 is 0 Å². The van der Waals surface area contributed by atoms with Crippen molar-refractivity contribution in [2.45, 2.75) is 46.6 Å². The molecule has 0 radical (unpaired) electrons. The topological polar surface area (TPSA) is 77.1 Å². The van der Waals surface area contributed by atoms with Crippen LogP contribution in [0.4, 0.5) is 0 Å². The third-order valence-electron chi connectivity index (χ3n) is 3.05. The van der Waals surface area contributed by atoms with E-state index in [1.165, 1.54) is 0 Å². The Morgan fingerprint density at radius 2 is 2.06 bits per heavy atom. The Hall–Kier alpha value is -1.62. The van der Waals surface area contributed by atoms with Gasteiger partial charge in [-0.05, 0) is 31.9 Å². The van der Waals surface area contributed by atoms with Crippen molar-refractivity contribution in [1.82, 2.24) is 9.99 Å². The predicted octanol–water partition coefficient (Wildman–Crippen LogP) is 1.26. The molecule has 1 rings (SSSR count). The minimum absolute atomic E-state index is 0.139. The van der Waals surface area contributed by atoms with E-state index in [-0.39, 0.29) is 11.1 Å². The van der Waals surface area contributed by atoms with Gasteiger partial charge in [-0.15, -0.1) is 0 Å². The highest BCUT2D eigenvalue weighted by atomic mass is 16.2. The highest BCUT2D eigenvalue weighted by Crippen LogP contribution is 2.08. The lowest BCUT2D eigenvalue weighted by atomic mass is 10.1. The molecule has 0 unspecified atom stereocenters. The maximum Gasteiger partial charge on any atom is 0.271 e. The maximum atomic E-state index is 12.3. The first-order chi connectivity index (χ1) is 8.52. The molecule has 0 aliphatic rings. The van der Waals surface area contributed by atoms with Crippen LogP contribution in [0.1, 0.15) is 47.8 Å². The van der Waals surface area contributed by atoms with Gasteiger partial charge in [0.05, 0.1) is 0 Å². The molecular weight excluding hydrogens is 230 g/mol. The van der Waals surface area contributed by atoms with Gasteiger partial charge in [-0.3, -0.25) is 15.0 Å². The Morgan fingerprint density at radius 1 is 1.39 bits per heavy atom. The molecule has 0 saturated carbocycles. The van der Waals surface area contributed by atoms with Crippen molar-refractivity contribution in [3.05, 3.63) is 33.2 Å². The standard InChI is InChI=1S/C13H21N3O2/c1-4-5-6-7-16-10(3)8-9(2)11(13(16)18)12(17)15-14/h8H,4-7,14H2,1-3H3,(H,15,17). The highest BCUT2D eigenvalue weighted by molar-refractivity contribution is 5.94. The summed E-state index contributed by atoms with van der Waals surface area (Å²) in [5, 5.41) is 0. The second kappa shape index (κ2) is 6.35. The van der Waals surface area contributed by atoms with E-state index in [0.717, 1.165) is 25.0 Å². The average molecular weight is 251 g/mol. The fourth-order valence-corrected chi connectivity index (χ4v) is 2.07. The first-order valence-electron chi connectivity index (χ1n) is 6.24. The van der Waals surface area contributed by atoms with E-state index in [1.807, 2.05) is 18.4 Å². The summed E-state index contributed by atoms with van der Waals surface area (Å²) in [4.78, 5) is 23.9. The summed E-state index contributed by atoms with van der Waals surface area (Å²) in [6.07, 6.45) is 3.10. The van der Waals surface area contributed by atoms with Crippen LogP contribution in [0.2, 0.25) is 0 Å². The van der Waals surface area contributed by atoms with Gasteiger partial charge in [0.1, 0.15) is 5.56 Å². The Labute approximate surface area is 107 Å². The van der Waals surface area contributed by atoms with E-state index in [2.05, 4.69) is 6.92 Å². The van der Waals surface area contributed by atoms with Gasteiger partial charge in [0.2, 0.25) is 0 Å². The number of pyridine rings is 1. The lowest BCUT2D eigenvalue weighted by Crippen LogP contribution is -2.38. The first kappa shape index (κ1) is 14.4. The molecule has 0 aromatic carbocycles. The minimum Gasteiger partial charge on any atom is -0.312 e. The number of nitrogens with zero attached hydrogens (tertiary/aromatic N) is 1. The summed E-state index contributed by atoms with van der Waals surface area (Å²) >= 11 is 0. The largest absolute Gasteiger partial charge is 0.312 e. The van der Waals surface area contributed by atoms with E-state index in [4.69, 9.17) is 5.84 Å². The molecule has 3 N–H and O–H groups in total. The maximum absolute atomic E-state index is 12.3. The number of aromatic nitrogens is 1. The summed E-state index contributed by atoms with van der Waals surface area (Å²) in [5.74, 6) is 4.58. The van der Waals surface area contributed by atoms with E-state index in [1.54, 1.807) is 11.5 Å². The molecule has 0 aliphatic heterocycles. The quantitative estimate of drug-likeness (QED) is 0.358. The molecule has 1 aromatic heterocycles. The third kappa shape index (κ3) is 2.98. The van der Waals surface area contributed by atoms with E-state index in [0.29, 0.717) is 12.1 Å². The summed E-state index contributed by atoms with van der Waals surface area (Å²) in [5.41, 5.74) is 3.44. The smallest absolute Gasteiger partial charge is 0.271 e. The van der Waals surface area contributed by atoms with Crippen LogP contribution in [0, 0.1) is 13.8 Å². The van der Waals surface area contributed by atoms with Crippen LogP contribution in [0.15, 0.2) is 10.9 Å². The molecule has 5 nitrogen and oxygen atoms in total. The molecule has 1 heterocycles. The van der Waals surface area contributed by atoms with Crippen LogP contribution in [0.5, 0.6) is 0 Å². The Morgan fingerprint density at radius 3 is 2.61 bits per heavy atom. The molecule has 0 bridgehead atoms. The summed E-state index contributed by atoms with van der Waals surface area (Å²) < 4.78 is 1.65. The number of nitrogen functional groups attached to an aromatic ring is 1. The molecule has 18 heavy (non-hydrogen) atoms. The molecule has 0 spiro atoms. The zero-order valence-corrected chi connectivity index (χ0v) is 11.2. The number of rotatable bonds is 5. The lowest BCUT2D eigenvalue weighted by molar-refractivity contribution is 0.0951. The van der Waals surface area contributed by atoms with Crippen molar-refractivity contribution in [2.75, 3.05) is 0 Å². The van der Waals surface area contributed by atoms with Crippen molar-refractivity contribution in [3.8, 4) is 0 Å². The second-order valence-corrected chi connectivity index (χ2v) is 4.48. The Bertz CT molecular complexity index is 492. The van der Waals surface area contributed by atoms with Gasteiger partial charge in [0.15, 0.2) is 0 Å². The number of unbranched alkanes of at least 4 members (excludes halogenated alkanes) is 2. The molecule has 0 fully saturated rings. The molecule has 0 aliphatic carbocycles. The molecular formula is C13H21N3O2. The van der Waals surface area contributed by atoms with Crippen LogP contribution in [0.3, 0.4) is 0 Å². The number of nitrogens with two attached hydrogens (primary N) is 1. The van der Waals surface area contributed by atoms with Crippen molar-refractivity contribution in [2.24, 2.45) is 5.84 Å². The zero-order valence-electron chi connectivity index (χ0n) is 11.2. The van der Waals surface area contributed by atoms with E-state index in [9.17, 15) is 9.59 Å². The van der Waals surface area contributed by atoms with Crippen LogP contribution in [-0.4, -0.2) is 10.5 Å². The SMILES string of the molecule is CCCCCn1c(C)cc(C)c(C(=O)NN)c1=O. The van der Waals surface area contributed by atoms with Crippen molar-refractivity contribution in [1.29, 1.82) is 0 Å². The van der Waals surface area contributed by atoms with Gasteiger partial charge in [-0.1, -0.05) is 19.8 Å². The molecule has 5 heteroatoms. The molecule has 1 aromatic rings. The van der Waals surface area contributed by atoms with Gasteiger partial charge < -0.3 is 4.57 Å². The Balaban J connectivity index is 3.19. The lowest BCUT2D eigenvalue weighted by Gasteiger charge is -2.13. The normalized spacial score (nSPS) is 10.4.